The molecule has 0 radical (unpaired) electrons. The smallest absolute Gasteiger partial charge is 0.328 e. The molecule has 1 spiro atoms. The molecule has 29 heavy (non-hydrogen) atoms. The summed E-state index contributed by atoms with van der Waals surface area (Å²) in [4.78, 5) is 43.5. The van der Waals surface area contributed by atoms with Crippen molar-refractivity contribution in [2.75, 3.05) is 33.3 Å². The minimum Gasteiger partial charge on any atom is -0.468 e. The molecule has 2 heterocycles. The average Bonchev–Trinajstić information content (AvgIpc) is 2.94. The SMILES string of the molecule is CC[C@@H](C)N1CCC2(CC1)C(=O)N(CC(=O)OC)C(=O)N2CCc1ccccc1. The summed E-state index contributed by atoms with van der Waals surface area (Å²) in [5.74, 6) is -0.839. The van der Waals surface area contributed by atoms with Crippen molar-refractivity contribution in [3.05, 3.63) is 35.9 Å². The molecule has 0 N–H and O–H groups in total. The molecule has 0 aromatic heterocycles. The van der Waals surface area contributed by atoms with E-state index in [2.05, 4.69) is 18.7 Å². The normalized spacial score (nSPS) is 20.4. The number of carbonyl (C=O) groups is 3. The minimum absolute atomic E-state index is 0.259. The number of carbonyl (C=O) groups excluding carboxylic acids is 3. The Balaban J connectivity index is 1.82. The Morgan fingerprint density at radius 1 is 1.17 bits per heavy atom. The van der Waals surface area contributed by atoms with E-state index in [1.165, 1.54) is 7.11 Å². The number of amides is 3. The lowest BCUT2D eigenvalue weighted by molar-refractivity contribution is -0.146. The zero-order valence-corrected chi connectivity index (χ0v) is 17.6. The molecule has 3 rings (SSSR count). The van der Waals surface area contributed by atoms with E-state index in [0.717, 1.165) is 30.0 Å². The van der Waals surface area contributed by atoms with Gasteiger partial charge in [0.1, 0.15) is 12.1 Å². The molecule has 1 atom stereocenters. The molecule has 0 saturated carbocycles. The summed E-state index contributed by atoms with van der Waals surface area (Å²) in [5, 5.41) is 0. The van der Waals surface area contributed by atoms with Crippen LogP contribution < -0.4 is 0 Å². The lowest BCUT2D eigenvalue weighted by Gasteiger charge is -2.44. The number of imide groups is 1. The van der Waals surface area contributed by atoms with Gasteiger partial charge in [0.05, 0.1) is 7.11 Å². The van der Waals surface area contributed by atoms with Gasteiger partial charge in [0.25, 0.3) is 5.91 Å². The van der Waals surface area contributed by atoms with Crippen molar-refractivity contribution in [3.63, 3.8) is 0 Å². The Hall–Kier alpha value is -2.41. The van der Waals surface area contributed by atoms with Crippen molar-refractivity contribution < 1.29 is 19.1 Å². The van der Waals surface area contributed by atoms with Gasteiger partial charge in [-0.25, -0.2) is 4.79 Å². The fourth-order valence-electron chi connectivity index (χ4n) is 4.39. The fraction of sp³-hybridized carbons (Fsp3) is 0.591. The van der Waals surface area contributed by atoms with E-state index in [0.29, 0.717) is 31.8 Å². The first-order valence-corrected chi connectivity index (χ1v) is 10.4. The van der Waals surface area contributed by atoms with Gasteiger partial charge < -0.3 is 14.5 Å². The minimum atomic E-state index is -0.857. The molecule has 2 saturated heterocycles. The Morgan fingerprint density at radius 3 is 2.41 bits per heavy atom. The third kappa shape index (κ3) is 4.15. The predicted octanol–water partition coefficient (Wildman–Crippen LogP) is 2.30. The number of piperidine rings is 1. The molecule has 0 bridgehead atoms. The van der Waals surface area contributed by atoms with Gasteiger partial charge in [0.2, 0.25) is 0 Å². The maximum Gasteiger partial charge on any atom is 0.328 e. The lowest BCUT2D eigenvalue weighted by Crippen LogP contribution is -2.58. The fourth-order valence-corrected chi connectivity index (χ4v) is 4.39. The highest BCUT2D eigenvalue weighted by Gasteiger charge is 2.58. The molecule has 3 amide bonds. The Kier molecular flexibility index (Phi) is 6.57. The zero-order chi connectivity index (χ0) is 21.0. The quantitative estimate of drug-likeness (QED) is 0.518. The Bertz CT molecular complexity index is 744. The van der Waals surface area contributed by atoms with Gasteiger partial charge >= 0.3 is 12.0 Å². The van der Waals surface area contributed by atoms with Gasteiger partial charge in [-0.2, -0.15) is 0 Å². The predicted molar refractivity (Wildman–Crippen MR) is 109 cm³/mol. The average molecular weight is 402 g/mol. The van der Waals surface area contributed by atoms with E-state index >= 15 is 0 Å². The van der Waals surface area contributed by atoms with Crippen LogP contribution >= 0.6 is 0 Å². The van der Waals surface area contributed by atoms with E-state index in [1.54, 1.807) is 4.90 Å². The molecular formula is C22H31N3O4. The van der Waals surface area contributed by atoms with E-state index < -0.39 is 11.5 Å². The Morgan fingerprint density at radius 2 is 1.83 bits per heavy atom. The summed E-state index contributed by atoms with van der Waals surface area (Å²) < 4.78 is 4.70. The van der Waals surface area contributed by atoms with Gasteiger partial charge in [-0.1, -0.05) is 37.3 Å². The molecule has 0 unspecified atom stereocenters. The van der Waals surface area contributed by atoms with Crippen molar-refractivity contribution in [1.29, 1.82) is 0 Å². The van der Waals surface area contributed by atoms with Crippen LogP contribution in [0.1, 0.15) is 38.7 Å². The largest absolute Gasteiger partial charge is 0.468 e. The summed E-state index contributed by atoms with van der Waals surface area (Å²) in [5.41, 5.74) is 0.260. The molecule has 0 aliphatic carbocycles. The van der Waals surface area contributed by atoms with E-state index in [9.17, 15) is 14.4 Å². The third-order valence-electron chi connectivity index (χ3n) is 6.44. The number of hydrogen-bond acceptors (Lipinski definition) is 5. The number of rotatable bonds is 7. The van der Waals surface area contributed by atoms with E-state index in [4.69, 9.17) is 4.74 Å². The van der Waals surface area contributed by atoms with Gasteiger partial charge in [-0.05, 0) is 38.2 Å². The van der Waals surface area contributed by atoms with Crippen molar-refractivity contribution >= 4 is 17.9 Å². The lowest BCUT2D eigenvalue weighted by atomic mass is 9.85. The molecule has 2 aliphatic rings. The van der Waals surface area contributed by atoms with E-state index in [-0.39, 0.29) is 18.5 Å². The number of methoxy groups -OCH3 is 1. The van der Waals surface area contributed by atoms with Crippen LogP contribution in [-0.2, 0) is 20.7 Å². The van der Waals surface area contributed by atoms with E-state index in [1.807, 2.05) is 30.3 Å². The second-order valence-corrected chi connectivity index (χ2v) is 7.96. The number of ether oxygens (including phenoxy) is 1. The first kappa shape index (κ1) is 21.3. The molecule has 2 fully saturated rings. The van der Waals surface area contributed by atoms with Crippen LogP contribution in [0.2, 0.25) is 0 Å². The van der Waals surface area contributed by atoms with Gasteiger partial charge in [0, 0.05) is 25.7 Å². The van der Waals surface area contributed by atoms with Crippen molar-refractivity contribution in [2.45, 2.75) is 51.1 Å². The van der Waals surface area contributed by atoms with Gasteiger partial charge in [-0.15, -0.1) is 0 Å². The first-order chi connectivity index (χ1) is 13.9. The standard InChI is InChI=1S/C22H31N3O4/c1-4-17(2)23-14-11-22(12-15-23)20(27)24(16-19(26)29-3)21(28)25(22)13-10-18-8-6-5-7-9-18/h5-9,17H,4,10-16H2,1-3H3/t17-/m1/s1. The topological polar surface area (TPSA) is 70.2 Å². The molecule has 1 aromatic rings. The van der Waals surface area contributed by atoms with Crippen molar-refractivity contribution in [1.82, 2.24) is 14.7 Å². The summed E-state index contributed by atoms with van der Waals surface area (Å²) in [6.45, 7) is 6.01. The van der Waals surface area contributed by atoms with Gasteiger partial charge in [-0.3, -0.25) is 14.5 Å². The monoisotopic (exact) mass is 401 g/mol. The van der Waals surface area contributed by atoms with Gasteiger partial charge in [0.15, 0.2) is 0 Å². The molecule has 158 valence electrons. The van der Waals surface area contributed by atoms with Crippen molar-refractivity contribution in [2.24, 2.45) is 0 Å². The molecular weight excluding hydrogens is 370 g/mol. The zero-order valence-electron chi connectivity index (χ0n) is 17.6. The highest BCUT2D eigenvalue weighted by molar-refractivity contribution is 6.08. The van der Waals surface area contributed by atoms with Crippen LogP contribution in [0.25, 0.3) is 0 Å². The number of urea groups is 1. The summed E-state index contributed by atoms with van der Waals surface area (Å²) >= 11 is 0. The van der Waals surface area contributed by atoms with Crippen molar-refractivity contribution in [3.8, 4) is 0 Å². The highest BCUT2D eigenvalue weighted by Crippen LogP contribution is 2.38. The maximum atomic E-state index is 13.3. The maximum absolute atomic E-state index is 13.3. The van der Waals surface area contributed by atoms with Crippen LogP contribution in [0.4, 0.5) is 4.79 Å². The molecule has 2 aliphatic heterocycles. The molecule has 1 aromatic carbocycles. The number of benzene rings is 1. The number of nitrogens with zero attached hydrogens (tertiary/aromatic N) is 3. The third-order valence-corrected chi connectivity index (χ3v) is 6.44. The molecule has 7 heteroatoms. The highest BCUT2D eigenvalue weighted by atomic mass is 16.5. The molecule has 7 nitrogen and oxygen atoms in total. The first-order valence-electron chi connectivity index (χ1n) is 10.4. The Labute approximate surface area is 172 Å². The number of likely N-dealkylation sites (tertiary alicyclic amines) is 1. The summed E-state index contributed by atoms with van der Waals surface area (Å²) in [7, 11) is 1.26. The van der Waals surface area contributed by atoms with Crippen LogP contribution in [0.15, 0.2) is 30.3 Å². The second-order valence-electron chi connectivity index (χ2n) is 7.96. The number of esters is 1. The van der Waals surface area contributed by atoms with Crippen LogP contribution in [0.3, 0.4) is 0 Å². The van der Waals surface area contributed by atoms with Crippen LogP contribution in [-0.4, -0.2) is 77.5 Å². The van der Waals surface area contributed by atoms with Crippen LogP contribution in [0, 0.1) is 0 Å². The number of hydrogen-bond donors (Lipinski definition) is 0. The van der Waals surface area contributed by atoms with Crippen LogP contribution in [0.5, 0.6) is 0 Å². The summed E-state index contributed by atoms with van der Waals surface area (Å²) in [6, 6.07) is 10.0. The second kappa shape index (κ2) is 8.95. The summed E-state index contributed by atoms with van der Waals surface area (Å²) in [6.07, 6.45) is 2.90.